The zero-order valence-corrected chi connectivity index (χ0v) is 14.0. The molecule has 0 saturated carbocycles. The molecule has 1 heterocycles. The van der Waals surface area contributed by atoms with Crippen molar-refractivity contribution in [1.29, 1.82) is 0 Å². The van der Waals surface area contributed by atoms with Gasteiger partial charge in [-0.2, -0.15) is 0 Å². The van der Waals surface area contributed by atoms with Gasteiger partial charge in [0.05, 0.1) is 0 Å². The lowest BCUT2D eigenvalue weighted by Crippen LogP contribution is -2.32. The molecule has 0 amide bonds. The van der Waals surface area contributed by atoms with Gasteiger partial charge >= 0.3 is 0 Å². The van der Waals surface area contributed by atoms with E-state index in [9.17, 15) is 0 Å². The van der Waals surface area contributed by atoms with Crippen molar-refractivity contribution in [1.82, 2.24) is 4.90 Å². The van der Waals surface area contributed by atoms with Crippen LogP contribution in [0.2, 0.25) is 0 Å². The summed E-state index contributed by atoms with van der Waals surface area (Å²) in [5.41, 5.74) is 5.02. The fourth-order valence-corrected chi connectivity index (χ4v) is 3.48. The van der Waals surface area contributed by atoms with Crippen molar-refractivity contribution in [2.24, 2.45) is 0 Å². The van der Waals surface area contributed by atoms with E-state index in [4.69, 9.17) is 12.2 Å². The molecule has 0 bridgehead atoms. The van der Waals surface area contributed by atoms with Crippen LogP contribution in [0.25, 0.3) is 0 Å². The van der Waals surface area contributed by atoms with E-state index < -0.39 is 0 Å². The van der Waals surface area contributed by atoms with Crippen LogP contribution in [0.4, 0.5) is 5.69 Å². The Balaban J connectivity index is 1.64. The average Bonchev–Trinajstić information content (AvgIpc) is 2.97. The quantitative estimate of drug-likeness (QED) is 0.823. The van der Waals surface area contributed by atoms with Gasteiger partial charge in [-0.1, -0.05) is 36.4 Å². The standard InChI is InChI=1S/C19H22N2S/c1-14-10-15(2)12-18(11-14)20-19(22)21-9-8-17(13-21)16-6-4-3-5-7-16/h3-7,10-12,17H,8-9,13H2,1-2H3,(H,20,22). The molecule has 0 aliphatic carbocycles. The van der Waals surface area contributed by atoms with Crippen molar-refractivity contribution in [2.45, 2.75) is 26.2 Å². The Kier molecular flexibility index (Phi) is 4.44. The third-order valence-corrected chi connectivity index (χ3v) is 4.58. The van der Waals surface area contributed by atoms with Gasteiger partial charge in [-0.3, -0.25) is 0 Å². The van der Waals surface area contributed by atoms with E-state index >= 15 is 0 Å². The molecule has 1 unspecified atom stereocenters. The second-order valence-corrected chi connectivity index (χ2v) is 6.54. The minimum Gasteiger partial charge on any atom is -0.348 e. The van der Waals surface area contributed by atoms with Crippen LogP contribution in [0.3, 0.4) is 0 Å². The predicted octanol–water partition coefficient (Wildman–Crippen LogP) is 4.49. The van der Waals surface area contributed by atoms with Crippen molar-refractivity contribution in [3.63, 3.8) is 0 Å². The van der Waals surface area contributed by atoms with E-state index in [1.54, 1.807) is 0 Å². The Morgan fingerprint density at radius 3 is 2.45 bits per heavy atom. The third kappa shape index (κ3) is 3.47. The number of thiocarbonyl (C=S) groups is 1. The van der Waals surface area contributed by atoms with Crippen LogP contribution in [0, 0.1) is 13.8 Å². The van der Waals surface area contributed by atoms with E-state index in [1.807, 2.05) is 0 Å². The predicted molar refractivity (Wildman–Crippen MR) is 97.5 cm³/mol. The first-order valence-corrected chi connectivity index (χ1v) is 8.22. The zero-order valence-electron chi connectivity index (χ0n) is 13.2. The molecule has 114 valence electrons. The van der Waals surface area contributed by atoms with Crippen LogP contribution in [-0.4, -0.2) is 23.1 Å². The lowest BCUT2D eigenvalue weighted by atomic mass is 9.99. The number of nitrogens with one attached hydrogen (secondary N) is 1. The van der Waals surface area contributed by atoms with Gasteiger partial charge in [0, 0.05) is 24.7 Å². The number of aryl methyl sites for hydroxylation is 2. The summed E-state index contributed by atoms with van der Waals surface area (Å²) in [6.45, 7) is 6.25. The fourth-order valence-electron chi connectivity index (χ4n) is 3.19. The van der Waals surface area contributed by atoms with E-state index in [-0.39, 0.29) is 0 Å². The van der Waals surface area contributed by atoms with Gasteiger partial charge in [0.25, 0.3) is 0 Å². The first-order chi connectivity index (χ1) is 10.6. The molecular weight excluding hydrogens is 288 g/mol. The highest BCUT2D eigenvalue weighted by atomic mass is 32.1. The second kappa shape index (κ2) is 6.49. The van der Waals surface area contributed by atoms with E-state index in [0.717, 1.165) is 23.9 Å². The summed E-state index contributed by atoms with van der Waals surface area (Å²) in [6, 6.07) is 17.2. The molecule has 2 aromatic rings. The second-order valence-electron chi connectivity index (χ2n) is 6.15. The van der Waals surface area contributed by atoms with Crippen molar-refractivity contribution in [3.05, 3.63) is 65.2 Å². The molecule has 3 heteroatoms. The summed E-state index contributed by atoms with van der Waals surface area (Å²) >= 11 is 5.60. The highest BCUT2D eigenvalue weighted by molar-refractivity contribution is 7.80. The first kappa shape index (κ1) is 15.0. The Morgan fingerprint density at radius 1 is 1.09 bits per heavy atom. The minimum absolute atomic E-state index is 0.584. The summed E-state index contributed by atoms with van der Waals surface area (Å²) in [7, 11) is 0. The maximum absolute atomic E-state index is 5.60. The summed E-state index contributed by atoms with van der Waals surface area (Å²) in [4.78, 5) is 2.28. The van der Waals surface area contributed by atoms with Gasteiger partial charge in [-0.15, -0.1) is 0 Å². The molecule has 2 nitrogen and oxygen atoms in total. The lowest BCUT2D eigenvalue weighted by Gasteiger charge is -2.21. The smallest absolute Gasteiger partial charge is 0.173 e. The number of benzene rings is 2. The van der Waals surface area contributed by atoms with Crippen molar-refractivity contribution in [2.75, 3.05) is 18.4 Å². The van der Waals surface area contributed by atoms with Crippen molar-refractivity contribution in [3.8, 4) is 0 Å². The fraction of sp³-hybridized carbons (Fsp3) is 0.316. The van der Waals surface area contributed by atoms with Gasteiger partial charge in [-0.25, -0.2) is 0 Å². The molecule has 0 aromatic heterocycles. The number of rotatable bonds is 2. The monoisotopic (exact) mass is 310 g/mol. The van der Waals surface area contributed by atoms with Gasteiger partial charge in [0.2, 0.25) is 0 Å². The molecule has 1 aliphatic rings. The molecule has 0 radical (unpaired) electrons. The van der Waals surface area contributed by atoms with Crippen LogP contribution in [-0.2, 0) is 0 Å². The largest absolute Gasteiger partial charge is 0.348 e. The molecule has 0 spiro atoms. The number of likely N-dealkylation sites (tertiary alicyclic amines) is 1. The summed E-state index contributed by atoms with van der Waals surface area (Å²) in [5, 5.41) is 4.23. The topological polar surface area (TPSA) is 15.3 Å². The Bertz CT molecular complexity index is 646. The van der Waals surface area contributed by atoms with Crippen LogP contribution in [0.5, 0.6) is 0 Å². The molecular formula is C19H22N2S. The van der Waals surface area contributed by atoms with Crippen LogP contribution < -0.4 is 5.32 Å². The lowest BCUT2D eigenvalue weighted by molar-refractivity contribution is 0.518. The van der Waals surface area contributed by atoms with Crippen LogP contribution in [0.15, 0.2) is 48.5 Å². The molecule has 1 fully saturated rings. The molecule has 1 aliphatic heterocycles. The summed E-state index contributed by atoms with van der Waals surface area (Å²) < 4.78 is 0. The number of hydrogen-bond acceptors (Lipinski definition) is 1. The molecule has 1 atom stereocenters. The molecule has 22 heavy (non-hydrogen) atoms. The van der Waals surface area contributed by atoms with Gasteiger partial charge in [0.15, 0.2) is 5.11 Å². The molecule has 1 saturated heterocycles. The average molecular weight is 310 g/mol. The number of hydrogen-bond donors (Lipinski definition) is 1. The van der Waals surface area contributed by atoms with Crippen molar-refractivity contribution < 1.29 is 0 Å². The Morgan fingerprint density at radius 2 is 1.77 bits per heavy atom. The van der Waals surface area contributed by atoms with Crippen LogP contribution in [0.1, 0.15) is 29.0 Å². The number of anilines is 1. The molecule has 3 rings (SSSR count). The van der Waals surface area contributed by atoms with E-state index in [0.29, 0.717) is 5.92 Å². The van der Waals surface area contributed by atoms with Gasteiger partial charge in [0.1, 0.15) is 0 Å². The van der Waals surface area contributed by atoms with Crippen LogP contribution >= 0.6 is 12.2 Å². The van der Waals surface area contributed by atoms with Gasteiger partial charge < -0.3 is 10.2 Å². The maximum Gasteiger partial charge on any atom is 0.173 e. The maximum atomic E-state index is 5.60. The Labute approximate surface area is 138 Å². The Hall–Kier alpha value is -1.87. The highest BCUT2D eigenvalue weighted by Crippen LogP contribution is 2.27. The molecule has 2 aromatic carbocycles. The SMILES string of the molecule is Cc1cc(C)cc(NC(=S)N2CCC(c3ccccc3)C2)c1. The molecule has 1 N–H and O–H groups in total. The zero-order chi connectivity index (χ0) is 15.5. The summed E-state index contributed by atoms with van der Waals surface area (Å²) in [5.74, 6) is 0.584. The first-order valence-electron chi connectivity index (χ1n) is 7.81. The van der Waals surface area contributed by atoms with E-state index in [2.05, 4.69) is 72.6 Å². The van der Waals surface area contributed by atoms with E-state index in [1.165, 1.54) is 23.1 Å². The number of nitrogens with zero attached hydrogens (tertiary/aromatic N) is 1. The highest BCUT2D eigenvalue weighted by Gasteiger charge is 2.25. The third-order valence-electron chi connectivity index (χ3n) is 4.22. The normalized spacial score (nSPS) is 17.5. The van der Waals surface area contributed by atoms with Crippen molar-refractivity contribution >= 4 is 23.0 Å². The van der Waals surface area contributed by atoms with Gasteiger partial charge in [-0.05, 0) is 61.3 Å². The summed E-state index contributed by atoms with van der Waals surface area (Å²) in [6.07, 6.45) is 1.17. The minimum atomic E-state index is 0.584.